The van der Waals surface area contributed by atoms with E-state index in [0.717, 1.165) is 18.1 Å². The van der Waals surface area contributed by atoms with E-state index in [4.69, 9.17) is 5.11 Å². The second-order valence-corrected chi connectivity index (χ2v) is 4.90. The van der Waals surface area contributed by atoms with E-state index < -0.39 is 0 Å². The van der Waals surface area contributed by atoms with Crippen LogP contribution in [0.15, 0.2) is 0 Å². The number of piperidine rings is 1. The van der Waals surface area contributed by atoms with Gasteiger partial charge in [0.2, 0.25) is 0 Å². The third kappa shape index (κ3) is 5.55. The van der Waals surface area contributed by atoms with Crippen molar-refractivity contribution in [2.75, 3.05) is 31.2 Å². The van der Waals surface area contributed by atoms with E-state index >= 15 is 0 Å². The maximum atomic E-state index is 8.59. The fourth-order valence-electron chi connectivity index (χ4n) is 1.69. The predicted octanol–water partition coefficient (Wildman–Crippen LogP) is 1.49. The number of aliphatic hydroxyl groups excluding tert-OH is 1. The first-order valence-electron chi connectivity index (χ1n) is 5.33. The van der Waals surface area contributed by atoms with Gasteiger partial charge in [0.05, 0.1) is 0 Å². The predicted molar refractivity (Wildman–Crippen MR) is 59.2 cm³/mol. The maximum Gasteiger partial charge on any atom is 0.0438 e. The molecule has 0 aliphatic carbocycles. The summed E-state index contributed by atoms with van der Waals surface area (Å²) >= 11 is 1.99. The van der Waals surface area contributed by atoms with Crippen LogP contribution in [0.1, 0.15) is 25.7 Å². The molecule has 2 nitrogen and oxygen atoms in total. The Morgan fingerprint density at radius 1 is 1.23 bits per heavy atom. The summed E-state index contributed by atoms with van der Waals surface area (Å²) in [4.78, 5) is 0. The van der Waals surface area contributed by atoms with E-state index in [9.17, 15) is 0 Å². The van der Waals surface area contributed by atoms with Crippen molar-refractivity contribution in [1.29, 1.82) is 0 Å². The third-order valence-electron chi connectivity index (χ3n) is 2.58. The molecule has 1 heterocycles. The molecular weight excluding hydrogens is 182 g/mol. The van der Waals surface area contributed by atoms with E-state index in [1.54, 1.807) is 0 Å². The Balaban J connectivity index is 1.86. The molecule has 0 bridgehead atoms. The smallest absolute Gasteiger partial charge is 0.0438 e. The lowest BCUT2D eigenvalue weighted by Crippen LogP contribution is -2.27. The fourth-order valence-corrected chi connectivity index (χ4v) is 2.73. The first-order chi connectivity index (χ1) is 6.43. The zero-order valence-electron chi connectivity index (χ0n) is 8.30. The van der Waals surface area contributed by atoms with Crippen molar-refractivity contribution in [3.63, 3.8) is 0 Å². The molecular formula is C10H21NOS. The number of nitrogens with one attached hydrogen (secondary N) is 1. The standard InChI is InChI=1S/C10H21NOS/c12-7-1-8-13-9-4-10-2-5-11-6-3-10/h10-12H,1-9H2. The van der Waals surface area contributed by atoms with Crippen molar-refractivity contribution in [2.24, 2.45) is 5.92 Å². The first-order valence-corrected chi connectivity index (χ1v) is 6.48. The van der Waals surface area contributed by atoms with Gasteiger partial charge in [0.25, 0.3) is 0 Å². The molecule has 78 valence electrons. The van der Waals surface area contributed by atoms with Crippen LogP contribution in [0.5, 0.6) is 0 Å². The van der Waals surface area contributed by atoms with Crippen LogP contribution >= 0.6 is 11.8 Å². The summed E-state index contributed by atoms with van der Waals surface area (Å²) in [5, 5.41) is 12.0. The number of rotatable bonds is 6. The van der Waals surface area contributed by atoms with Crippen molar-refractivity contribution < 1.29 is 5.11 Å². The van der Waals surface area contributed by atoms with Gasteiger partial charge in [0, 0.05) is 6.61 Å². The highest BCUT2D eigenvalue weighted by atomic mass is 32.2. The SMILES string of the molecule is OCCCSCCC1CCNCC1. The zero-order valence-corrected chi connectivity index (χ0v) is 9.11. The van der Waals surface area contributed by atoms with Crippen LogP contribution in [0.4, 0.5) is 0 Å². The van der Waals surface area contributed by atoms with E-state index in [1.165, 1.54) is 38.1 Å². The fraction of sp³-hybridized carbons (Fsp3) is 1.00. The van der Waals surface area contributed by atoms with Gasteiger partial charge in [-0.15, -0.1) is 0 Å². The summed E-state index contributed by atoms with van der Waals surface area (Å²) < 4.78 is 0. The van der Waals surface area contributed by atoms with Gasteiger partial charge in [-0.1, -0.05) is 0 Å². The second kappa shape index (κ2) is 7.65. The molecule has 3 heteroatoms. The minimum atomic E-state index is 0.348. The van der Waals surface area contributed by atoms with Crippen LogP contribution < -0.4 is 5.32 Å². The van der Waals surface area contributed by atoms with Gasteiger partial charge < -0.3 is 10.4 Å². The summed E-state index contributed by atoms with van der Waals surface area (Å²) in [5.74, 6) is 3.37. The highest BCUT2D eigenvalue weighted by Crippen LogP contribution is 2.18. The van der Waals surface area contributed by atoms with Crippen LogP contribution in [0.25, 0.3) is 0 Å². The molecule has 1 fully saturated rings. The average molecular weight is 203 g/mol. The molecule has 1 saturated heterocycles. The lowest BCUT2D eigenvalue weighted by molar-refractivity contribution is 0.296. The Labute approximate surface area is 85.5 Å². The van der Waals surface area contributed by atoms with E-state index in [0.29, 0.717) is 6.61 Å². The van der Waals surface area contributed by atoms with Crippen LogP contribution in [-0.2, 0) is 0 Å². The van der Waals surface area contributed by atoms with Gasteiger partial charge >= 0.3 is 0 Å². The van der Waals surface area contributed by atoms with Crippen molar-refractivity contribution in [3.05, 3.63) is 0 Å². The summed E-state index contributed by atoms with van der Waals surface area (Å²) in [6.07, 6.45) is 5.05. The van der Waals surface area contributed by atoms with Gasteiger partial charge in [-0.2, -0.15) is 11.8 Å². The molecule has 0 unspecified atom stereocenters. The van der Waals surface area contributed by atoms with E-state index in [2.05, 4.69) is 5.32 Å². The average Bonchev–Trinajstić information content (AvgIpc) is 2.19. The lowest BCUT2D eigenvalue weighted by Gasteiger charge is -2.22. The molecule has 0 aromatic rings. The summed E-state index contributed by atoms with van der Waals surface area (Å²) in [5.41, 5.74) is 0. The lowest BCUT2D eigenvalue weighted by atomic mass is 9.96. The summed E-state index contributed by atoms with van der Waals surface area (Å²) in [7, 11) is 0. The van der Waals surface area contributed by atoms with Gasteiger partial charge in [-0.25, -0.2) is 0 Å². The Morgan fingerprint density at radius 2 is 2.00 bits per heavy atom. The molecule has 0 saturated carbocycles. The van der Waals surface area contributed by atoms with Crippen molar-refractivity contribution >= 4 is 11.8 Å². The molecule has 0 spiro atoms. The van der Waals surface area contributed by atoms with Gasteiger partial charge in [-0.05, 0) is 56.2 Å². The molecule has 0 amide bonds. The molecule has 1 rings (SSSR count). The Kier molecular flexibility index (Phi) is 6.68. The minimum absolute atomic E-state index is 0.348. The quantitative estimate of drug-likeness (QED) is 0.642. The van der Waals surface area contributed by atoms with Crippen LogP contribution in [-0.4, -0.2) is 36.3 Å². The number of hydrogen-bond donors (Lipinski definition) is 2. The molecule has 0 radical (unpaired) electrons. The Bertz CT molecular complexity index is 115. The van der Waals surface area contributed by atoms with E-state index in [-0.39, 0.29) is 0 Å². The molecule has 1 aliphatic heterocycles. The molecule has 1 aliphatic rings. The molecule has 0 aromatic carbocycles. The highest BCUT2D eigenvalue weighted by molar-refractivity contribution is 7.99. The first kappa shape index (κ1) is 11.3. The number of thioether (sulfide) groups is 1. The second-order valence-electron chi connectivity index (χ2n) is 3.67. The Morgan fingerprint density at radius 3 is 2.69 bits per heavy atom. The summed E-state index contributed by atoms with van der Waals surface area (Å²) in [6, 6.07) is 0. The van der Waals surface area contributed by atoms with Crippen molar-refractivity contribution in [1.82, 2.24) is 5.32 Å². The van der Waals surface area contributed by atoms with Crippen LogP contribution in [0.3, 0.4) is 0 Å². The minimum Gasteiger partial charge on any atom is -0.396 e. The maximum absolute atomic E-state index is 8.59. The molecule has 13 heavy (non-hydrogen) atoms. The van der Waals surface area contributed by atoms with Gasteiger partial charge in [-0.3, -0.25) is 0 Å². The van der Waals surface area contributed by atoms with Crippen molar-refractivity contribution in [3.8, 4) is 0 Å². The highest BCUT2D eigenvalue weighted by Gasteiger charge is 2.11. The summed E-state index contributed by atoms with van der Waals surface area (Å²) in [6.45, 7) is 2.78. The van der Waals surface area contributed by atoms with Gasteiger partial charge in [0.1, 0.15) is 0 Å². The van der Waals surface area contributed by atoms with E-state index in [1.807, 2.05) is 11.8 Å². The van der Waals surface area contributed by atoms with Gasteiger partial charge in [0.15, 0.2) is 0 Å². The largest absolute Gasteiger partial charge is 0.396 e. The van der Waals surface area contributed by atoms with Crippen LogP contribution in [0.2, 0.25) is 0 Å². The number of hydrogen-bond acceptors (Lipinski definition) is 3. The third-order valence-corrected chi connectivity index (χ3v) is 3.68. The zero-order chi connectivity index (χ0) is 9.36. The molecule has 2 N–H and O–H groups in total. The normalized spacial score (nSPS) is 19.2. The topological polar surface area (TPSA) is 32.3 Å². The number of aliphatic hydroxyl groups is 1. The monoisotopic (exact) mass is 203 g/mol. The molecule has 0 aromatic heterocycles. The van der Waals surface area contributed by atoms with Crippen molar-refractivity contribution in [2.45, 2.75) is 25.7 Å². The molecule has 0 atom stereocenters. The van der Waals surface area contributed by atoms with Crippen LogP contribution in [0, 0.1) is 5.92 Å². The Hall–Kier alpha value is 0.270.